The van der Waals surface area contributed by atoms with E-state index in [4.69, 9.17) is 0 Å². The number of carbonyl (C=O) groups excluding carboxylic acids is 1. The highest BCUT2D eigenvalue weighted by molar-refractivity contribution is 5.93. The second-order valence-electron chi connectivity index (χ2n) is 5.67. The normalized spacial score (nSPS) is 20.2. The molecule has 2 aromatic rings. The number of carbonyl (C=O) groups is 1. The van der Waals surface area contributed by atoms with Crippen LogP contribution in [0.1, 0.15) is 34.3 Å². The van der Waals surface area contributed by atoms with E-state index in [0.717, 1.165) is 24.0 Å². The minimum absolute atomic E-state index is 0.155. The van der Waals surface area contributed by atoms with Crippen LogP contribution in [-0.4, -0.2) is 22.5 Å². The second-order valence-corrected chi connectivity index (χ2v) is 5.67. The molecule has 1 aliphatic carbocycles. The zero-order valence-corrected chi connectivity index (χ0v) is 12.1. The molecule has 0 saturated carbocycles. The largest absolute Gasteiger partial charge is 0.383 e. The van der Waals surface area contributed by atoms with Crippen LogP contribution in [0.3, 0.4) is 0 Å². The van der Waals surface area contributed by atoms with Gasteiger partial charge in [0.2, 0.25) is 5.56 Å². The van der Waals surface area contributed by atoms with Crippen LogP contribution in [0, 0.1) is 0 Å². The van der Waals surface area contributed by atoms with Gasteiger partial charge in [0.1, 0.15) is 5.60 Å². The van der Waals surface area contributed by atoms with Crippen molar-refractivity contribution in [2.24, 2.45) is 0 Å². The summed E-state index contributed by atoms with van der Waals surface area (Å²) in [4.78, 5) is 25.6. The minimum Gasteiger partial charge on any atom is -0.383 e. The van der Waals surface area contributed by atoms with Crippen LogP contribution in [0.5, 0.6) is 0 Å². The average Bonchev–Trinajstić information content (AvgIpc) is 2.54. The summed E-state index contributed by atoms with van der Waals surface area (Å²) in [5, 5.41) is 13.6. The summed E-state index contributed by atoms with van der Waals surface area (Å²) in [5.41, 5.74) is 1.11. The summed E-state index contributed by atoms with van der Waals surface area (Å²) in [5.74, 6) is -0.312. The highest BCUT2D eigenvalue weighted by Crippen LogP contribution is 2.34. The van der Waals surface area contributed by atoms with Crippen molar-refractivity contribution in [2.45, 2.75) is 24.9 Å². The standard InChI is InChI=1S/C17H18N2O3/c20-15-8-7-13(10-18-15)16(21)19-11-17(22)9-3-5-12-4-1-2-6-14(12)17/h1-2,4,6-8,10,22H,3,5,9,11H2,(H,18,20)(H,19,21). The molecule has 1 aliphatic rings. The Morgan fingerprint density at radius 2 is 2.09 bits per heavy atom. The van der Waals surface area contributed by atoms with E-state index in [1.165, 1.54) is 18.3 Å². The van der Waals surface area contributed by atoms with Gasteiger partial charge in [0.25, 0.3) is 5.91 Å². The third-order valence-corrected chi connectivity index (χ3v) is 4.14. The fraction of sp³-hybridized carbons (Fsp3) is 0.294. The summed E-state index contributed by atoms with van der Waals surface area (Å²) >= 11 is 0. The van der Waals surface area contributed by atoms with E-state index in [-0.39, 0.29) is 18.0 Å². The lowest BCUT2D eigenvalue weighted by atomic mass is 9.79. The first kappa shape index (κ1) is 14.5. The van der Waals surface area contributed by atoms with Gasteiger partial charge in [-0.2, -0.15) is 0 Å². The van der Waals surface area contributed by atoms with Crippen LogP contribution < -0.4 is 10.9 Å². The van der Waals surface area contributed by atoms with E-state index < -0.39 is 5.60 Å². The van der Waals surface area contributed by atoms with E-state index in [9.17, 15) is 14.7 Å². The predicted octanol–water partition coefficient (Wildman–Crippen LogP) is 1.33. The molecular formula is C17H18N2O3. The number of hydrogen-bond donors (Lipinski definition) is 3. The maximum atomic E-state index is 12.1. The Morgan fingerprint density at radius 3 is 2.86 bits per heavy atom. The maximum absolute atomic E-state index is 12.1. The molecule has 1 aromatic carbocycles. The van der Waals surface area contributed by atoms with Gasteiger partial charge in [-0.25, -0.2) is 0 Å². The van der Waals surface area contributed by atoms with Crippen LogP contribution >= 0.6 is 0 Å². The Morgan fingerprint density at radius 1 is 1.27 bits per heavy atom. The Bertz CT molecular complexity index is 733. The first-order chi connectivity index (χ1) is 10.6. The highest BCUT2D eigenvalue weighted by atomic mass is 16.3. The van der Waals surface area contributed by atoms with Crippen molar-refractivity contribution in [2.75, 3.05) is 6.54 Å². The molecule has 5 nitrogen and oxygen atoms in total. The molecule has 1 amide bonds. The third-order valence-electron chi connectivity index (χ3n) is 4.14. The van der Waals surface area contributed by atoms with Crippen LogP contribution in [0.15, 0.2) is 47.4 Å². The molecule has 0 spiro atoms. The SMILES string of the molecule is O=C(NCC1(O)CCCc2ccccc21)c1ccc(=O)[nH]c1. The van der Waals surface area contributed by atoms with E-state index >= 15 is 0 Å². The fourth-order valence-corrected chi connectivity index (χ4v) is 2.96. The number of aromatic amines is 1. The first-order valence-electron chi connectivity index (χ1n) is 7.36. The van der Waals surface area contributed by atoms with Crippen LogP contribution in [0.2, 0.25) is 0 Å². The number of aryl methyl sites for hydroxylation is 1. The number of benzene rings is 1. The van der Waals surface area contributed by atoms with Gasteiger partial charge in [0.15, 0.2) is 0 Å². The predicted molar refractivity (Wildman–Crippen MR) is 82.7 cm³/mol. The summed E-state index contributed by atoms with van der Waals surface area (Å²) in [6.07, 6.45) is 3.83. The van der Waals surface area contributed by atoms with Crippen LogP contribution in [-0.2, 0) is 12.0 Å². The van der Waals surface area contributed by atoms with Crippen molar-refractivity contribution in [1.82, 2.24) is 10.3 Å². The van der Waals surface area contributed by atoms with Crippen molar-refractivity contribution < 1.29 is 9.90 Å². The molecule has 114 valence electrons. The maximum Gasteiger partial charge on any atom is 0.252 e. The van der Waals surface area contributed by atoms with Crippen molar-refractivity contribution in [1.29, 1.82) is 0 Å². The number of fused-ring (bicyclic) bond motifs is 1. The van der Waals surface area contributed by atoms with E-state index in [1.54, 1.807) is 0 Å². The Balaban J connectivity index is 1.75. The highest BCUT2D eigenvalue weighted by Gasteiger charge is 2.34. The molecule has 3 rings (SSSR count). The second kappa shape index (κ2) is 5.77. The number of aliphatic hydroxyl groups is 1. The first-order valence-corrected chi connectivity index (χ1v) is 7.36. The van der Waals surface area contributed by atoms with Gasteiger partial charge in [-0.3, -0.25) is 9.59 Å². The van der Waals surface area contributed by atoms with Gasteiger partial charge in [-0.15, -0.1) is 0 Å². The molecule has 0 saturated heterocycles. The number of nitrogens with one attached hydrogen (secondary N) is 2. The van der Waals surface area contributed by atoms with Crippen molar-refractivity contribution in [3.63, 3.8) is 0 Å². The molecule has 0 aliphatic heterocycles. The minimum atomic E-state index is -1.04. The smallest absolute Gasteiger partial charge is 0.252 e. The molecular weight excluding hydrogens is 280 g/mol. The van der Waals surface area contributed by atoms with Gasteiger partial charge in [0, 0.05) is 12.3 Å². The molecule has 1 unspecified atom stereocenters. The zero-order valence-electron chi connectivity index (χ0n) is 12.1. The molecule has 1 aromatic heterocycles. The number of H-pyrrole nitrogens is 1. The van der Waals surface area contributed by atoms with Gasteiger partial charge < -0.3 is 15.4 Å². The van der Waals surface area contributed by atoms with Crippen molar-refractivity contribution in [3.8, 4) is 0 Å². The Labute approximate surface area is 128 Å². The molecule has 3 N–H and O–H groups in total. The van der Waals surface area contributed by atoms with Gasteiger partial charge in [0.05, 0.1) is 12.1 Å². The number of rotatable bonds is 3. The molecule has 1 atom stereocenters. The molecule has 5 heteroatoms. The van der Waals surface area contributed by atoms with Crippen molar-refractivity contribution in [3.05, 3.63) is 69.6 Å². The summed E-state index contributed by atoms with van der Waals surface area (Å²) < 4.78 is 0. The van der Waals surface area contributed by atoms with Crippen LogP contribution in [0.25, 0.3) is 0 Å². The zero-order chi connectivity index (χ0) is 15.6. The van der Waals surface area contributed by atoms with E-state index in [0.29, 0.717) is 12.0 Å². The van der Waals surface area contributed by atoms with E-state index in [2.05, 4.69) is 10.3 Å². The van der Waals surface area contributed by atoms with Crippen LogP contribution in [0.4, 0.5) is 0 Å². The lowest BCUT2D eigenvalue weighted by molar-refractivity contribution is 0.0189. The number of amides is 1. The summed E-state index contributed by atoms with van der Waals surface area (Å²) in [6, 6.07) is 10.6. The van der Waals surface area contributed by atoms with Gasteiger partial charge >= 0.3 is 0 Å². The van der Waals surface area contributed by atoms with Gasteiger partial charge in [-0.05, 0) is 36.5 Å². The lowest BCUT2D eigenvalue weighted by Gasteiger charge is -2.34. The Kier molecular flexibility index (Phi) is 3.81. The van der Waals surface area contributed by atoms with Gasteiger partial charge in [-0.1, -0.05) is 24.3 Å². The molecule has 0 radical (unpaired) electrons. The topological polar surface area (TPSA) is 82.2 Å². The van der Waals surface area contributed by atoms with Crippen molar-refractivity contribution >= 4 is 5.91 Å². The summed E-state index contributed by atoms with van der Waals surface area (Å²) in [7, 11) is 0. The van der Waals surface area contributed by atoms with E-state index in [1.807, 2.05) is 24.3 Å². The monoisotopic (exact) mass is 298 g/mol. The molecule has 0 fully saturated rings. The lowest BCUT2D eigenvalue weighted by Crippen LogP contribution is -2.43. The molecule has 22 heavy (non-hydrogen) atoms. The average molecular weight is 298 g/mol. The summed E-state index contributed by atoms with van der Waals surface area (Å²) in [6.45, 7) is 0.155. The quantitative estimate of drug-likeness (QED) is 0.799. The Hall–Kier alpha value is -2.40. The number of pyridine rings is 1. The fourth-order valence-electron chi connectivity index (χ4n) is 2.96. The molecule has 1 heterocycles. The molecule has 0 bridgehead atoms. The number of hydrogen-bond acceptors (Lipinski definition) is 3. The third kappa shape index (κ3) is 2.80. The number of aromatic nitrogens is 1.